The molecule has 1 aromatic rings. The highest BCUT2D eigenvalue weighted by atomic mass is 16.4. The second-order valence-electron chi connectivity index (χ2n) is 4.13. The Morgan fingerprint density at radius 3 is 2.47 bits per heavy atom. The van der Waals surface area contributed by atoms with Crippen LogP contribution in [0.1, 0.15) is 11.1 Å². The van der Waals surface area contributed by atoms with E-state index in [1.807, 2.05) is 12.1 Å². The highest BCUT2D eigenvalue weighted by Gasteiger charge is 2.21. The van der Waals surface area contributed by atoms with Crippen molar-refractivity contribution in [2.45, 2.75) is 19.1 Å². The summed E-state index contributed by atoms with van der Waals surface area (Å²) in [6, 6.07) is 7.40. The maximum Gasteiger partial charge on any atom is 0.405 e. The van der Waals surface area contributed by atoms with E-state index in [1.54, 1.807) is 0 Å². The number of hydrogen-bond donors (Lipinski definition) is 2. The molecule has 1 aromatic carbocycles. The van der Waals surface area contributed by atoms with Crippen molar-refractivity contribution in [2.24, 2.45) is 0 Å². The lowest BCUT2D eigenvalue weighted by atomic mass is 10.1. The number of nitrogens with one attached hydrogen (secondary N) is 1. The molecule has 0 fully saturated rings. The molecule has 1 heterocycles. The Balaban J connectivity index is 1.94. The number of amides is 1. The Bertz CT molecular complexity index is 409. The van der Waals surface area contributed by atoms with E-state index in [0.717, 1.165) is 13.1 Å². The fourth-order valence-electron chi connectivity index (χ4n) is 2.09. The van der Waals surface area contributed by atoms with Gasteiger partial charge in [-0.1, -0.05) is 24.3 Å². The molecule has 0 spiro atoms. The highest BCUT2D eigenvalue weighted by Crippen LogP contribution is 2.21. The summed E-state index contributed by atoms with van der Waals surface area (Å²) in [5.74, 6) is 0. The number of benzene rings is 1. The predicted molar refractivity (Wildman–Crippen MR) is 61.6 cm³/mol. The quantitative estimate of drug-likeness (QED) is 0.757. The molecule has 0 saturated heterocycles. The van der Waals surface area contributed by atoms with E-state index >= 15 is 0 Å². The summed E-state index contributed by atoms with van der Waals surface area (Å²) in [4.78, 5) is 23.3. The number of aldehydes is 1. The third kappa shape index (κ3) is 2.82. The molecule has 1 aliphatic heterocycles. The van der Waals surface area contributed by atoms with Crippen LogP contribution < -0.4 is 5.32 Å². The molecule has 0 bridgehead atoms. The molecule has 0 radical (unpaired) electrons. The second-order valence-corrected chi connectivity index (χ2v) is 4.13. The van der Waals surface area contributed by atoms with Crippen molar-refractivity contribution in [1.82, 2.24) is 10.2 Å². The number of carboxylic acid groups (broad SMARTS) is 1. The summed E-state index contributed by atoms with van der Waals surface area (Å²) < 4.78 is 0. The van der Waals surface area contributed by atoms with Gasteiger partial charge in [0.15, 0.2) is 0 Å². The lowest BCUT2D eigenvalue weighted by molar-refractivity contribution is -0.109. The van der Waals surface area contributed by atoms with Crippen LogP contribution in [0.3, 0.4) is 0 Å². The van der Waals surface area contributed by atoms with Crippen LogP contribution in [0.2, 0.25) is 0 Å². The summed E-state index contributed by atoms with van der Waals surface area (Å²) >= 11 is 0. The van der Waals surface area contributed by atoms with Crippen LogP contribution in [-0.2, 0) is 17.9 Å². The smallest absolute Gasteiger partial charge is 0.405 e. The average Bonchev–Trinajstić information content (AvgIpc) is 2.69. The van der Waals surface area contributed by atoms with E-state index < -0.39 is 12.1 Å². The average molecular weight is 234 g/mol. The zero-order chi connectivity index (χ0) is 12.3. The van der Waals surface area contributed by atoms with Gasteiger partial charge < -0.3 is 15.2 Å². The zero-order valence-electron chi connectivity index (χ0n) is 9.30. The van der Waals surface area contributed by atoms with Gasteiger partial charge in [-0.3, -0.25) is 4.90 Å². The number of hydrogen-bond acceptors (Lipinski definition) is 3. The number of fused-ring (bicyclic) bond motifs is 1. The van der Waals surface area contributed by atoms with Crippen molar-refractivity contribution in [3.63, 3.8) is 0 Å². The molecule has 1 atom stereocenters. The minimum Gasteiger partial charge on any atom is -0.465 e. The first-order valence-electron chi connectivity index (χ1n) is 5.43. The van der Waals surface area contributed by atoms with Crippen molar-refractivity contribution < 1.29 is 14.7 Å². The molecule has 90 valence electrons. The van der Waals surface area contributed by atoms with Crippen LogP contribution in [0, 0.1) is 0 Å². The maximum absolute atomic E-state index is 10.7. The van der Waals surface area contributed by atoms with E-state index in [-0.39, 0.29) is 0 Å². The van der Waals surface area contributed by atoms with E-state index in [4.69, 9.17) is 5.11 Å². The lowest BCUT2D eigenvalue weighted by Crippen LogP contribution is -2.42. The van der Waals surface area contributed by atoms with Crippen molar-refractivity contribution >= 4 is 12.4 Å². The Hall–Kier alpha value is -1.88. The Morgan fingerprint density at radius 1 is 1.41 bits per heavy atom. The van der Waals surface area contributed by atoms with E-state index in [9.17, 15) is 9.59 Å². The molecule has 0 saturated carbocycles. The Labute approximate surface area is 99.0 Å². The van der Waals surface area contributed by atoms with E-state index in [0.29, 0.717) is 12.8 Å². The number of nitrogens with zero attached hydrogens (tertiary/aromatic N) is 1. The Morgan fingerprint density at radius 2 is 2.00 bits per heavy atom. The molecule has 2 rings (SSSR count). The number of rotatable bonds is 4. The third-order valence-electron chi connectivity index (χ3n) is 2.83. The van der Waals surface area contributed by atoms with Gasteiger partial charge >= 0.3 is 6.09 Å². The lowest BCUT2D eigenvalue weighted by Gasteiger charge is -2.19. The molecular formula is C12H14N2O3. The first kappa shape index (κ1) is 11.6. The number of carbonyl (C=O) groups is 2. The van der Waals surface area contributed by atoms with Gasteiger partial charge in [-0.2, -0.15) is 0 Å². The van der Waals surface area contributed by atoms with Crippen molar-refractivity contribution in [3.8, 4) is 0 Å². The molecule has 2 N–H and O–H groups in total. The minimum atomic E-state index is -1.17. The monoisotopic (exact) mass is 234 g/mol. The van der Waals surface area contributed by atoms with E-state index in [1.165, 1.54) is 11.1 Å². The van der Waals surface area contributed by atoms with Gasteiger partial charge in [-0.05, 0) is 11.1 Å². The summed E-state index contributed by atoms with van der Waals surface area (Å²) in [5.41, 5.74) is 2.49. The fourth-order valence-corrected chi connectivity index (χ4v) is 2.09. The summed E-state index contributed by atoms with van der Waals surface area (Å²) in [5, 5.41) is 10.8. The van der Waals surface area contributed by atoms with Crippen LogP contribution >= 0.6 is 0 Å². The topological polar surface area (TPSA) is 69.6 Å². The first-order chi connectivity index (χ1) is 8.19. The number of carbonyl (C=O) groups excluding carboxylic acids is 1. The molecule has 5 nitrogen and oxygen atoms in total. The molecule has 17 heavy (non-hydrogen) atoms. The molecule has 0 aromatic heterocycles. The molecule has 1 aliphatic rings. The first-order valence-corrected chi connectivity index (χ1v) is 5.43. The second kappa shape index (κ2) is 4.97. The van der Waals surface area contributed by atoms with Crippen molar-refractivity contribution in [1.29, 1.82) is 0 Å². The van der Waals surface area contributed by atoms with Gasteiger partial charge in [0.05, 0.1) is 0 Å². The zero-order valence-corrected chi connectivity index (χ0v) is 9.30. The standard InChI is InChI=1S/C12H14N2O3/c15-8-11(13-12(16)17)7-14-5-9-3-1-2-4-10(9)6-14/h1-4,8,11,13H,5-7H2,(H,16,17). The van der Waals surface area contributed by atoms with Crippen molar-refractivity contribution in [2.75, 3.05) is 6.54 Å². The van der Waals surface area contributed by atoms with Crippen LogP contribution in [0.25, 0.3) is 0 Å². The Kier molecular flexibility index (Phi) is 3.39. The summed E-state index contributed by atoms with van der Waals surface area (Å²) in [6.45, 7) is 1.94. The maximum atomic E-state index is 10.7. The highest BCUT2D eigenvalue weighted by molar-refractivity contribution is 5.71. The normalized spacial score (nSPS) is 16.2. The van der Waals surface area contributed by atoms with Crippen LogP contribution in [0.5, 0.6) is 0 Å². The molecule has 1 unspecified atom stereocenters. The molecule has 1 amide bonds. The predicted octanol–water partition coefficient (Wildman–Crippen LogP) is 0.837. The summed E-state index contributed by atoms with van der Waals surface area (Å²) in [7, 11) is 0. The molecule has 0 aliphatic carbocycles. The van der Waals surface area contributed by atoms with Gasteiger partial charge in [0.25, 0.3) is 0 Å². The van der Waals surface area contributed by atoms with Gasteiger partial charge in [0.1, 0.15) is 12.3 Å². The van der Waals surface area contributed by atoms with Crippen LogP contribution in [0.4, 0.5) is 4.79 Å². The van der Waals surface area contributed by atoms with Crippen LogP contribution in [-0.4, -0.2) is 35.0 Å². The third-order valence-corrected chi connectivity index (χ3v) is 2.83. The van der Waals surface area contributed by atoms with Gasteiger partial charge in [-0.25, -0.2) is 4.79 Å². The SMILES string of the molecule is O=CC(CN1Cc2ccccc2C1)NC(=O)O. The molecule has 5 heteroatoms. The van der Waals surface area contributed by atoms with Crippen LogP contribution in [0.15, 0.2) is 24.3 Å². The van der Waals surface area contributed by atoms with Gasteiger partial charge in [0.2, 0.25) is 0 Å². The summed E-state index contributed by atoms with van der Waals surface area (Å²) in [6.07, 6.45) is -0.532. The largest absolute Gasteiger partial charge is 0.465 e. The van der Waals surface area contributed by atoms with Gasteiger partial charge in [0, 0.05) is 19.6 Å². The van der Waals surface area contributed by atoms with Gasteiger partial charge in [-0.15, -0.1) is 0 Å². The molecular weight excluding hydrogens is 220 g/mol. The van der Waals surface area contributed by atoms with E-state index in [2.05, 4.69) is 22.3 Å². The minimum absolute atomic E-state index is 0.407. The van der Waals surface area contributed by atoms with Crippen molar-refractivity contribution in [3.05, 3.63) is 35.4 Å². The fraction of sp³-hybridized carbons (Fsp3) is 0.333.